The lowest BCUT2D eigenvalue weighted by atomic mass is 9.83. The van der Waals surface area contributed by atoms with E-state index in [1.165, 1.54) is 11.0 Å². The summed E-state index contributed by atoms with van der Waals surface area (Å²) in [7, 11) is 4.92. The van der Waals surface area contributed by atoms with Crippen LogP contribution < -0.4 is 9.64 Å². The van der Waals surface area contributed by atoms with Crippen LogP contribution in [-0.2, 0) is 20.6 Å². The van der Waals surface area contributed by atoms with Crippen LogP contribution in [-0.4, -0.2) is 110 Å². The van der Waals surface area contributed by atoms with Gasteiger partial charge in [0.05, 0.1) is 18.6 Å². The Balaban J connectivity index is 1.32. The first-order chi connectivity index (χ1) is 23.2. The van der Waals surface area contributed by atoms with Crippen LogP contribution in [0.15, 0.2) is 42.5 Å². The number of amides is 2. The van der Waals surface area contributed by atoms with E-state index in [1.54, 1.807) is 50.4 Å². The lowest BCUT2D eigenvalue weighted by Gasteiger charge is -2.39. The summed E-state index contributed by atoms with van der Waals surface area (Å²) < 4.78 is 63.8. The second-order valence-electron chi connectivity index (χ2n) is 13.8. The van der Waals surface area contributed by atoms with Crippen LogP contribution >= 0.6 is 0 Å². The minimum Gasteiger partial charge on any atom is -0.497 e. The Labute approximate surface area is 284 Å². The molecule has 2 atom stereocenters. The van der Waals surface area contributed by atoms with Gasteiger partial charge in [-0.3, -0.25) is 19.3 Å². The van der Waals surface area contributed by atoms with Crippen LogP contribution in [0, 0.1) is 5.92 Å². The molecule has 0 radical (unpaired) electrons. The maximum atomic E-state index is 17.3. The number of hydrogen-bond donors (Lipinski definition) is 1. The maximum Gasteiger partial charge on any atom is 0.416 e. The average molecular weight is 691 g/mol. The number of carboxylic acid groups (broad SMARTS) is 1. The fraction of sp³-hybridized carbons (Fsp3) is 0.583. The Morgan fingerprint density at radius 3 is 2.20 bits per heavy atom. The van der Waals surface area contributed by atoms with Gasteiger partial charge in [-0.15, -0.1) is 0 Å². The number of piperidine rings is 2. The van der Waals surface area contributed by atoms with Crippen LogP contribution in [0.5, 0.6) is 5.75 Å². The Morgan fingerprint density at radius 2 is 1.63 bits per heavy atom. The summed E-state index contributed by atoms with van der Waals surface area (Å²) in [4.78, 5) is 44.5. The molecule has 0 aliphatic carbocycles. The molecule has 5 rings (SSSR count). The Bertz CT molecular complexity index is 1490. The van der Waals surface area contributed by atoms with Crippen molar-refractivity contribution in [2.75, 3.05) is 71.9 Å². The zero-order valence-electron chi connectivity index (χ0n) is 28.3. The third-order valence-corrected chi connectivity index (χ3v) is 10.4. The quantitative estimate of drug-likeness (QED) is 0.334. The number of ether oxygens (including phenoxy) is 1. The third kappa shape index (κ3) is 8.13. The van der Waals surface area contributed by atoms with Gasteiger partial charge >= 0.3 is 12.1 Å². The number of carboxylic acids is 1. The topological polar surface area (TPSA) is 93.6 Å². The highest BCUT2D eigenvalue weighted by molar-refractivity contribution is 5.87. The van der Waals surface area contributed by atoms with E-state index < -0.39 is 41.1 Å². The molecule has 49 heavy (non-hydrogen) atoms. The fourth-order valence-electron chi connectivity index (χ4n) is 7.54. The van der Waals surface area contributed by atoms with E-state index in [-0.39, 0.29) is 31.5 Å². The zero-order valence-corrected chi connectivity index (χ0v) is 28.3. The molecule has 3 saturated heterocycles. The van der Waals surface area contributed by atoms with Gasteiger partial charge in [-0.2, -0.15) is 13.2 Å². The molecule has 13 heteroatoms. The van der Waals surface area contributed by atoms with Gasteiger partial charge in [0.1, 0.15) is 5.75 Å². The number of alkyl halides is 4. The van der Waals surface area contributed by atoms with Crippen molar-refractivity contribution in [2.45, 2.75) is 62.2 Å². The Kier molecular flexibility index (Phi) is 11.1. The van der Waals surface area contributed by atoms with Gasteiger partial charge in [0.2, 0.25) is 11.6 Å². The van der Waals surface area contributed by atoms with Gasteiger partial charge in [0, 0.05) is 71.4 Å². The van der Waals surface area contributed by atoms with Crippen molar-refractivity contribution in [1.82, 2.24) is 14.7 Å². The van der Waals surface area contributed by atoms with Gasteiger partial charge in [0.15, 0.2) is 0 Å². The summed E-state index contributed by atoms with van der Waals surface area (Å²) >= 11 is 0. The van der Waals surface area contributed by atoms with Gasteiger partial charge in [-0.1, -0.05) is 18.2 Å². The molecule has 2 aromatic carbocycles. The maximum absolute atomic E-state index is 17.3. The minimum absolute atomic E-state index is 0.0164. The van der Waals surface area contributed by atoms with Gasteiger partial charge in [0.25, 0.3) is 5.91 Å². The SMILES string of the molecule is COc1ccc([C@@H]2CN(CCCC(=O)N(C)C)C[C@@]2(F)C(=O)N2CCC(c3ccc(C(F)(F)F)cc3N3CCC(C(=O)O)CC3)CC2)cc1. The summed E-state index contributed by atoms with van der Waals surface area (Å²) in [5, 5.41) is 9.42. The molecule has 1 N–H and O–H groups in total. The summed E-state index contributed by atoms with van der Waals surface area (Å²) in [6, 6.07) is 10.8. The third-order valence-electron chi connectivity index (χ3n) is 10.4. The Hall–Kier alpha value is -3.87. The van der Waals surface area contributed by atoms with Crippen LogP contribution in [0.3, 0.4) is 0 Å². The summed E-state index contributed by atoms with van der Waals surface area (Å²) in [6.07, 6.45) is -2.09. The number of likely N-dealkylation sites (tertiary alicyclic amines) is 2. The monoisotopic (exact) mass is 690 g/mol. The molecule has 3 aliphatic heterocycles. The first-order valence-corrected chi connectivity index (χ1v) is 16.9. The second kappa shape index (κ2) is 14.9. The minimum atomic E-state index is -4.53. The Morgan fingerprint density at radius 1 is 0.980 bits per heavy atom. The number of hydrogen-bond acceptors (Lipinski definition) is 6. The average Bonchev–Trinajstić information content (AvgIpc) is 3.44. The van der Waals surface area contributed by atoms with E-state index in [0.29, 0.717) is 81.7 Å². The first kappa shape index (κ1) is 36.4. The van der Waals surface area contributed by atoms with E-state index in [9.17, 15) is 32.7 Å². The largest absolute Gasteiger partial charge is 0.497 e. The molecule has 3 fully saturated rings. The molecule has 0 bridgehead atoms. The van der Waals surface area contributed by atoms with E-state index in [2.05, 4.69) is 0 Å². The molecule has 3 heterocycles. The first-order valence-electron chi connectivity index (χ1n) is 16.9. The number of carbonyl (C=O) groups excluding carboxylic acids is 2. The smallest absolute Gasteiger partial charge is 0.416 e. The number of carbonyl (C=O) groups is 3. The zero-order chi connectivity index (χ0) is 35.5. The number of aliphatic carboxylic acids is 1. The fourth-order valence-corrected chi connectivity index (χ4v) is 7.54. The molecule has 2 amide bonds. The lowest BCUT2D eigenvalue weighted by molar-refractivity contribution is -0.145. The van der Waals surface area contributed by atoms with Crippen LogP contribution in [0.1, 0.15) is 67.1 Å². The van der Waals surface area contributed by atoms with Crippen LogP contribution in [0.25, 0.3) is 0 Å². The molecular formula is C36H46F4N4O5. The van der Waals surface area contributed by atoms with Gasteiger partial charge in [-0.25, -0.2) is 4.39 Å². The van der Waals surface area contributed by atoms with E-state index >= 15 is 4.39 Å². The van der Waals surface area contributed by atoms with Crippen molar-refractivity contribution in [1.29, 1.82) is 0 Å². The molecule has 3 aliphatic rings. The number of nitrogens with zero attached hydrogens (tertiary/aromatic N) is 4. The highest BCUT2D eigenvalue weighted by Gasteiger charge is 2.55. The number of rotatable bonds is 10. The number of anilines is 1. The number of halogens is 4. The number of methoxy groups -OCH3 is 1. The lowest BCUT2D eigenvalue weighted by Crippen LogP contribution is -2.52. The predicted octanol–water partition coefficient (Wildman–Crippen LogP) is 5.40. The molecule has 0 aromatic heterocycles. The highest BCUT2D eigenvalue weighted by atomic mass is 19.4. The van der Waals surface area contributed by atoms with Crippen molar-refractivity contribution in [3.8, 4) is 5.75 Å². The van der Waals surface area contributed by atoms with E-state index in [0.717, 1.165) is 17.7 Å². The summed E-state index contributed by atoms with van der Waals surface area (Å²) in [6.45, 7) is 1.85. The van der Waals surface area contributed by atoms with Crippen molar-refractivity contribution in [3.63, 3.8) is 0 Å². The molecule has 0 spiro atoms. The van der Waals surface area contributed by atoms with E-state index in [4.69, 9.17) is 4.74 Å². The van der Waals surface area contributed by atoms with Gasteiger partial charge in [-0.05, 0) is 80.0 Å². The molecule has 0 unspecified atom stereocenters. The standard InChI is InChI=1S/C36H46F4N4O5/c1-41(2)32(45)5-4-16-42-22-30(25-6-9-28(49-3)10-7-25)35(37,23-42)34(48)44-19-12-24(13-20-44)29-11-8-27(36(38,39)40)21-31(29)43-17-14-26(15-18-43)33(46)47/h6-11,21,24,26,30H,4-5,12-20,22-23H2,1-3H3,(H,46,47)/t30-,35-/m0/s1. The van der Waals surface area contributed by atoms with Crippen molar-refractivity contribution in [2.24, 2.45) is 5.92 Å². The molecule has 268 valence electrons. The predicted molar refractivity (Wildman–Crippen MR) is 177 cm³/mol. The van der Waals surface area contributed by atoms with Crippen molar-refractivity contribution < 1.29 is 41.8 Å². The summed E-state index contributed by atoms with van der Waals surface area (Å²) in [5.74, 6) is -2.30. The highest BCUT2D eigenvalue weighted by Crippen LogP contribution is 2.44. The molecular weight excluding hydrogens is 644 g/mol. The van der Waals surface area contributed by atoms with Crippen molar-refractivity contribution in [3.05, 3.63) is 59.2 Å². The number of benzene rings is 2. The molecule has 9 nitrogen and oxygen atoms in total. The van der Waals surface area contributed by atoms with Gasteiger partial charge < -0.3 is 24.5 Å². The van der Waals surface area contributed by atoms with Crippen LogP contribution in [0.4, 0.5) is 23.2 Å². The second-order valence-corrected chi connectivity index (χ2v) is 13.8. The molecule has 0 saturated carbocycles. The van der Waals surface area contributed by atoms with Crippen molar-refractivity contribution >= 4 is 23.5 Å². The normalized spacial score (nSPS) is 22.7. The van der Waals surface area contributed by atoms with E-state index in [1.807, 2.05) is 9.80 Å². The summed E-state index contributed by atoms with van der Waals surface area (Å²) in [5.41, 5.74) is -1.11. The molecule has 2 aromatic rings. The van der Waals surface area contributed by atoms with Crippen LogP contribution in [0.2, 0.25) is 0 Å².